The van der Waals surface area contributed by atoms with E-state index >= 15 is 0 Å². The highest BCUT2D eigenvalue weighted by molar-refractivity contribution is 6.31. The molecule has 2 aromatic carbocycles. The van der Waals surface area contributed by atoms with Gasteiger partial charge in [0.1, 0.15) is 0 Å². The van der Waals surface area contributed by atoms with Crippen molar-refractivity contribution in [3.05, 3.63) is 82.4 Å². The van der Waals surface area contributed by atoms with Crippen molar-refractivity contribution >= 4 is 35.1 Å². The summed E-state index contributed by atoms with van der Waals surface area (Å²) in [7, 11) is 0. The second-order valence-electron chi connectivity index (χ2n) is 6.16. The van der Waals surface area contributed by atoms with Crippen LogP contribution in [0.2, 0.25) is 5.02 Å². The maximum atomic E-state index is 12.6. The zero-order chi connectivity index (χ0) is 20.9. The molecule has 3 nitrogen and oxygen atoms in total. The summed E-state index contributed by atoms with van der Waals surface area (Å²) in [6, 6.07) is 12.0. The van der Waals surface area contributed by atoms with Gasteiger partial charge in [-0.15, -0.1) is 0 Å². The summed E-state index contributed by atoms with van der Waals surface area (Å²) in [4.78, 5) is 24.4. The lowest BCUT2D eigenvalue weighted by Crippen LogP contribution is -2.31. The molecule has 0 aromatic heterocycles. The maximum absolute atomic E-state index is 12.6. The smallest absolute Gasteiger partial charge is 0.288 e. The van der Waals surface area contributed by atoms with Gasteiger partial charge in [0, 0.05) is 16.2 Å². The van der Waals surface area contributed by atoms with E-state index in [-0.39, 0.29) is 16.7 Å². The van der Waals surface area contributed by atoms with Gasteiger partial charge >= 0.3 is 6.18 Å². The number of alkyl halides is 3. The zero-order valence-electron chi connectivity index (χ0n) is 14.9. The highest BCUT2D eigenvalue weighted by Crippen LogP contribution is 2.24. The second-order valence-corrected chi connectivity index (χ2v) is 6.60. The average Bonchev–Trinajstić information content (AvgIpc) is 2.60. The molecule has 0 fully saturated rings. The summed E-state index contributed by atoms with van der Waals surface area (Å²) in [6.45, 7) is 4.93. The Labute approximate surface area is 165 Å². The second kappa shape index (κ2) is 8.89. The fourth-order valence-electron chi connectivity index (χ4n) is 2.32. The Morgan fingerprint density at radius 1 is 1.04 bits per heavy atom. The third kappa shape index (κ3) is 6.39. The summed E-state index contributed by atoms with van der Waals surface area (Å²) >= 11 is 5.86. The molecule has 0 aliphatic heterocycles. The van der Waals surface area contributed by atoms with Crippen molar-refractivity contribution in [1.82, 2.24) is 5.32 Å². The van der Waals surface area contributed by atoms with Crippen molar-refractivity contribution in [2.45, 2.75) is 19.5 Å². The predicted octanol–water partition coefficient (Wildman–Crippen LogP) is 5.20. The highest BCUT2D eigenvalue weighted by atomic mass is 35.5. The van der Waals surface area contributed by atoms with Crippen LogP contribution in [0.3, 0.4) is 0 Å². The van der Waals surface area contributed by atoms with Gasteiger partial charge in [0.15, 0.2) is 0 Å². The van der Waals surface area contributed by atoms with E-state index in [1.165, 1.54) is 37.3 Å². The molecule has 2 rings (SSSR count). The van der Waals surface area contributed by atoms with Crippen molar-refractivity contribution in [1.29, 1.82) is 0 Å². The predicted molar refractivity (Wildman–Crippen MR) is 103 cm³/mol. The molecular formula is C21H17ClF3NO2. The van der Waals surface area contributed by atoms with Gasteiger partial charge in [0.25, 0.3) is 11.8 Å². The topological polar surface area (TPSA) is 46.2 Å². The summed E-state index contributed by atoms with van der Waals surface area (Å²) in [5.41, 5.74) is 1.35. The Morgan fingerprint density at radius 2 is 1.61 bits per heavy atom. The Balaban J connectivity index is 2.40. The van der Waals surface area contributed by atoms with Crippen LogP contribution in [0.15, 0.2) is 60.7 Å². The number of carbonyl (C=O) groups excluding carboxylic acids is 2. The minimum atomic E-state index is -4.32. The van der Waals surface area contributed by atoms with E-state index in [0.717, 1.165) is 0 Å². The van der Waals surface area contributed by atoms with Crippen molar-refractivity contribution in [2.24, 2.45) is 0 Å². The number of nitrogens with one attached hydrogen (secondary N) is 1. The van der Waals surface area contributed by atoms with Crippen molar-refractivity contribution in [2.75, 3.05) is 0 Å². The largest absolute Gasteiger partial charge is 0.393 e. The number of amides is 2. The quantitative estimate of drug-likeness (QED) is 0.546. The molecule has 28 heavy (non-hydrogen) atoms. The van der Waals surface area contributed by atoms with E-state index in [1.54, 1.807) is 24.3 Å². The van der Waals surface area contributed by atoms with Crippen LogP contribution in [0.25, 0.3) is 11.6 Å². The first kappa shape index (κ1) is 21.4. The Bertz CT molecular complexity index is 914. The molecule has 2 amide bonds. The third-order valence-electron chi connectivity index (χ3n) is 3.71. The molecular weight excluding hydrogens is 391 g/mol. The minimum Gasteiger partial charge on any atom is -0.288 e. The van der Waals surface area contributed by atoms with Crippen LogP contribution in [0.4, 0.5) is 13.2 Å². The number of hydrogen-bond acceptors (Lipinski definition) is 2. The molecule has 0 radical (unpaired) electrons. The zero-order valence-corrected chi connectivity index (χ0v) is 15.7. The average molecular weight is 408 g/mol. The third-order valence-corrected chi connectivity index (χ3v) is 3.96. The Morgan fingerprint density at radius 3 is 2.11 bits per heavy atom. The fraction of sp³-hybridized carbons (Fsp3) is 0.143. The van der Waals surface area contributed by atoms with Gasteiger partial charge in [-0.05, 0) is 41.8 Å². The van der Waals surface area contributed by atoms with Crippen molar-refractivity contribution < 1.29 is 22.8 Å². The van der Waals surface area contributed by atoms with E-state index in [4.69, 9.17) is 11.6 Å². The number of halogens is 4. The van der Waals surface area contributed by atoms with Gasteiger partial charge in [-0.1, -0.05) is 54.6 Å². The van der Waals surface area contributed by atoms with E-state index in [9.17, 15) is 22.8 Å². The lowest BCUT2D eigenvalue weighted by molar-refractivity contribution is -0.127. The molecule has 0 heterocycles. The molecule has 146 valence electrons. The molecule has 7 heteroatoms. The molecule has 0 bridgehead atoms. The van der Waals surface area contributed by atoms with Crippen LogP contribution in [0, 0.1) is 0 Å². The summed E-state index contributed by atoms with van der Waals surface area (Å²) in [5, 5.41) is 2.72. The van der Waals surface area contributed by atoms with Crippen LogP contribution < -0.4 is 5.32 Å². The Kier molecular flexibility index (Phi) is 6.80. The lowest BCUT2D eigenvalue weighted by Gasteiger charge is -2.11. The number of hydrogen-bond donors (Lipinski definition) is 1. The van der Waals surface area contributed by atoms with E-state index in [0.29, 0.717) is 16.1 Å². The van der Waals surface area contributed by atoms with Gasteiger partial charge in [0.2, 0.25) is 0 Å². The minimum absolute atomic E-state index is 0.0699. The van der Waals surface area contributed by atoms with Gasteiger partial charge < -0.3 is 0 Å². The highest BCUT2D eigenvalue weighted by Gasteiger charge is 2.27. The lowest BCUT2D eigenvalue weighted by atomic mass is 9.99. The van der Waals surface area contributed by atoms with Crippen LogP contribution in [0.5, 0.6) is 0 Å². The number of carbonyl (C=O) groups is 2. The fourth-order valence-corrected chi connectivity index (χ4v) is 2.44. The van der Waals surface area contributed by atoms with Gasteiger partial charge in [-0.25, -0.2) is 0 Å². The first-order valence-corrected chi connectivity index (χ1v) is 8.57. The van der Waals surface area contributed by atoms with Crippen LogP contribution in [-0.4, -0.2) is 18.0 Å². The summed E-state index contributed by atoms with van der Waals surface area (Å²) in [5.74, 6) is -1.33. The molecule has 0 aliphatic carbocycles. The van der Waals surface area contributed by atoms with E-state index < -0.39 is 24.4 Å². The van der Waals surface area contributed by atoms with Crippen molar-refractivity contribution in [3.63, 3.8) is 0 Å². The first-order valence-electron chi connectivity index (χ1n) is 8.19. The van der Waals surface area contributed by atoms with Gasteiger partial charge in [0.05, 0.1) is 6.42 Å². The molecule has 0 saturated carbocycles. The summed E-state index contributed by atoms with van der Waals surface area (Å²) < 4.78 is 37.6. The maximum Gasteiger partial charge on any atom is 0.393 e. The molecule has 0 atom stereocenters. The van der Waals surface area contributed by atoms with E-state index in [1.807, 2.05) is 0 Å². The number of benzene rings is 2. The molecule has 0 unspecified atom stereocenters. The Hall–Kier alpha value is -2.86. The van der Waals surface area contributed by atoms with Gasteiger partial charge in [-0.2, -0.15) is 13.2 Å². The van der Waals surface area contributed by atoms with Gasteiger partial charge in [-0.3, -0.25) is 14.9 Å². The molecule has 1 N–H and O–H groups in total. The molecule has 0 aliphatic rings. The molecule has 2 aromatic rings. The molecule has 0 spiro atoms. The molecule has 0 saturated heterocycles. The standard InChI is InChI=1S/C21H17ClF3NO2/c1-13(2)19(27)26-20(28)18(11-14-5-9-17(22)10-6-14)16-7-3-15(4-8-16)12-21(23,24)25/h3-11H,1,12H2,2H3,(H,26,27,28)/b18-11+. The van der Waals surface area contributed by atoms with E-state index in [2.05, 4.69) is 11.9 Å². The van der Waals surface area contributed by atoms with Crippen LogP contribution in [0.1, 0.15) is 23.6 Å². The SMILES string of the molecule is C=C(C)C(=O)NC(=O)/C(=C/c1ccc(Cl)cc1)c1ccc(CC(F)(F)F)cc1. The van der Waals surface area contributed by atoms with Crippen molar-refractivity contribution in [3.8, 4) is 0 Å². The number of imide groups is 1. The normalized spacial score (nSPS) is 11.8. The summed E-state index contributed by atoms with van der Waals surface area (Å²) in [6.07, 6.45) is -3.87. The monoisotopic (exact) mass is 407 g/mol. The first-order chi connectivity index (χ1) is 13.0. The van der Waals surface area contributed by atoms with Crippen LogP contribution in [-0.2, 0) is 16.0 Å². The van der Waals surface area contributed by atoms with Crippen LogP contribution >= 0.6 is 11.6 Å². The number of rotatable bonds is 5.